The summed E-state index contributed by atoms with van der Waals surface area (Å²) in [5.74, 6) is -0.812. The predicted octanol–water partition coefficient (Wildman–Crippen LogP) is 2.38. The van der Waals surface area contributed by atoms with Gasteiger partial charge in [-0.2, -0.15) is 0 Å². The van der Waals surface area contributed by atoms with Gasteiger partial charge in [0.1, 0.15) is 5.75 Å². The summed E-state index contributed by atoms with van der Waals surface area (Å²) < 4.78 is 45.6. The van der Waals surface area contributed by atoms with E-state index in [0.717, 1.165) is 0 Å². The van der Waals surface area contributed by atoms with Crippen LogP contribution in [0.15, 0.2) is 24.3 Å². The van der Waals surface area contributed by atoms with Crippen molar-refractivity contribution in [2.75, 3.05) is 7.11 Å². The van der Waals surface area contributed by atoms with Crippen molar-refractivity contribution in [2.24, 2.45) is 5.92 Å². The Morgan fingerprint density at radius 2 is 2.12 bits per heavy atom. The summed E-state index contributed by atoms with van der Waals surface area (Å²) in [5.41, 5.74) is 0.504. The van der Waals surface area contributed by atoms with Crippen LogP contribution in [0.1, 0.15) is 24.8 Å². The maximum Gasteiger partial charge on any atom is 0.573 e. The summed E-state index contributed by atoms with van der Waals surface area (Å²) in [6, 6.07) is 5.47. The third kappa shape index (κ3) is 5.38. The van der Waals surface area contributed by atoms with Gasteiger partial charge < -0.3 is 19.9 Å². The van der Waals surface area contributed by atoms with Crippen molar-refractivity contribution in [1.82, 2.24) is 5.32 Å². The van der Waals surface area contributed by atoms with Gasteiger partial charge in [0, 0.05) is 19.6 Å². The van der Waals surface area contributed by atoms with Crippen molar-refractivity contribution in [3.05, 3.63) is 29.8 Å². The first kappa shape index (κ1) is 18.5. The molecule has 5 nitrogen and oxygen atoms in total. The van der Waals surface area contributed by atoms with Gasteiger partial charge >= 0.3 is 6.36 Å². The Bertz CT molecular complexity index is 564. The number of amides is 1. The van der Waals surface area contributed by atoms with Crippen molar-refractivity contribution >= 4 is 5.91 Å². The number of halogens is 3. The van der Waals surface area contributed by atoms with E-state index >= 15 is 0 Å². The molecule has 3 atom stereocenters. The van der Waals surface area contributed by atoms with Gasteiger partial charge in [-0.25, -0.2) is 0 Å². The van der Waals surface area contributed by atoms with Crippen LogP contribution in [-0.2, 0) is 16.1 Å². The van der Waals surface area contributed by atoms with E-state index in [4.69, 9.17) is 4.74 Å². The van der Waals surface area contributed by atoms with E-state index in [0.29, 0.717) is 24.8 Å². The largest absolute Gasteiger partial charge is 0.573 e. The minimum Gasteiger partial charge on any atom is -0.406 e. The van der Waals surface area contributed by atoms with Gasteiger partial charge in [0.15, 0.2) is 0 Å². The van der Waals surface area contributed by atoms with E-state index in [1.807, 2.05) is 0 Å². The Hall–Kier alpha value is -1.80. The lowest BCUT2D eigenvalue weighted by molar-refractivity contribution is -0.274. The molecule has 1 aliphatic carbocycles. The summed E-state index contributed by atoms with van der Waals surface area (Å²) in [6.45, 7) is 0.102. The van der Waals surface area contributed by atoms with Crippen LogP contribution in [0.2, 0.25) is 0 Å². The van der Waals surface area contributed by atoms with Crippen molar-refractivity contribution in [3.8, 4) is 5.75 Å². The van der Waals surface area contributed by atoms with Crippen LogP contribution in [0.4, 0.5) is 13.2 Å². The van der Waals surface area contributed by atoms with Gasteiger partial charge in [-0.15, -0.1) is 13.2 Å². The maximum atomic E-state index is 12.2. The minimum absolute atomic E-state index is 0.102. The first-order valence-corrected chi connectivity index (χ1v) is 7.61. The Labute approximate surface area is 137 Å². The van der Waals surface area contributed by atoms with Crippen LogP contribution in [0.5, 0.6) is 5.75 Å². The number of hydrogen-bond donors (Lipinski definition) is 2. The molecular weight excluding hydrogens is 327 g/mol. The van der Waals surface area contributed by atoms with Crippen molar-refractivity contribution in [3.63, 3.8) is 0 Å². The molecule has 1 aromatic rings. The van der Waals surface area contributed by atoms with Crippen LogP contribution in [-0.4, -0.2) is 36.7 Å². The molecule has 1 amide bonds. The van der Waals surface area contributed by atoms with E-state index in [2.05, 4.69) is 10.1 Å². The summed E-state index contributed by atoms with van der Waals surface area (Å²) >= 11 is 0. The van der Waals surface area contributed by atoms with E-state index in [-0.39, 0.29) is 30.2 Å². The summed E-state index contributed by atoms with van der Waals surface area (Å²) in [6.07, 6.45) is -4.26. The number of hydrogen-bond acceptors (Lipinski definition) is 4. The quantitative estimate of drug-likeness (QED) is 0.858. The average molecular weight is 347 g/mol. The number of alkyl halides is 3. The highest BCUT2D eigenvalue weighted by atomic mass is 19.4. The summed E-state index contributed by atoms with van der Waals surface area (Å²) in [7, 11) is 1.49. The van der Waals surface area contributed by atoms with Gasteiger partial charge in [-0.05, 0) is 37.0 Å². The molecule has 0 spiro atoms. The molecule has 0 aromatic heterocycles. The van der Waals surface area contributed by atoms with Gasteiger partial charge in [-0.1, -0.05) is 12.1 Å². The number of methoxy groups -OCH3 is 1. The molecule has 8 heteroatoms. The summed E-state index contributed by atoms with van der Waals surface area (Å²) in [4.78, 5) is 12.2. The van der Waals surface area contributed by atoms with Gasteiger partial charge in [-0.3, -0.25) is 4.79 Å². The van der Waals surface area contributed by atoms with Crippen LogP contribution >= 0.6 is 0 Å². The second-order valence-corrected chi connectivity index (χ2v) is 5.76. The number of rotatable bonds is 5. The van der Waals surface area contributed by atoms with Gasteiger partial charge in [0.2, 0.25) is 5.91 Å². The zero-order valence-corrected chi connectivity index (χ0v) is 13.2. The van der Waals surface area contributed by atoms with E-state index in [1.165, 1.54) is 25.3 Å². The fourth-order valence-corrected chi connectivity index (χ4v) is 2.79. The molecule has 0 unspecified atom stereocenters. The number of carbonyl (C=O) groups is 1. The molecule has 0 saturated heterocycles. The molecule has 1 aromatic carbocycles. The molecule has 1 fully saturated rings. The average Bonchev–Trinajstić information content (AvgIpc) is 2.52. The number of aliphatic hydroxyl groups excluding tert-OH is 1. The molecule has 0 bridgehead atoms. The van der Waals surface area contributed by atoms with Crippen LogP contribution < -0.4 is 10.1 Å². The highest BCUT2D eigenvalue weighted by molar-refractivity contribution is 5.78. The lowest BCUT2D eigenvalue weighted by atomic mass is 9.84. The molecule has 1 aliphatic rings. The highest BCUT2D eigenvalue weighted by Crippen LogP contribution is 2.27. The second-order valence-electron chi connectivity index (χ2n) is 5.76. The smallest absolute Gasteiger partial charge is 0.406 e. The van der Waals surface area contributed by atoms with Crippen LogP contribution in [0, 0.1) is 5.92 Å². The first-order chi connectivity index (χ1) is 11.3. The van der Waals surface area contributed by atoms with Gasteiger partial charge in [0.25, 0.3) is 0 Å². The fraction of sp³-hybridized carbons (Fsp3) is 0.562. The zero-order valence-electron chi connectivity index (χ0n) is 13.2. The molecule has 134 valence electrons. The standard InChI is InChI=1S/C16H20F3NO4/c1-23-14-8-11(5-6-13(14)21)15(22)20-9-10-3-2-4-12(7-10)24-16(17,18)19/h2-4,7,11,13-14,21H,5-6,8-9H2,1H3,(H,20,22)/t11-,13+,14-/m1/s1. The second kappa shape index (κ2) is 7.85. The SMILES string of the molecule is CO[C@@H]1C[C@H](C(=O)NCc2cccc(OC(F)(F)F)c2)CC[C@@H]1O. The third-order valence-electron chi connectivity index (χ3n) is 4.03. The van der Waals surface area contributed by atoms with Crippen molar-refractivity contribution in [2.45, 2.75) is 44.4 Å². The number of carbonyl (C=O) groups excluding carboxylic acids is 1. The number of benzene rings is 1. The molecule has 0 radical (unpaired) electrons. The topological polar surface area (TPSA) is 67.8 Å². The maximum absolute atomic E-state index is 12.2. The Morgan fingerprint density at radius 3 is 2.79 bits per heavy atom. The molecule has 1 saturated carbocycles. The number of nitrogens with one attached hydrogen (secondary N) is 1. The molecule has 2 rings (SSSR count). The molecular formula is C16H20F3NO4. The lowest BCUT2D eigenvalue weighted by Gasteiger charge is -2.31. The molecule has 2 N–H and O–H groups in total. The molecule has 24 heavy (non-hydrogen) atoms. The predicted molar refractivity (Wildman–Crippen MR) is 79.1 cm³/mol. The molecule has 0 aliphatic heterocycles. The monoisotopic (exact) mass is 347 g/mol. The Balaban J connectivity index is 1.89. The summed E-state index contributed by atoms with van der Waals surface area (Å²) in [5, 5.41) is 12.4. The van der Waals surface area contributed by atoms with Gasteiger partial charge in [0.05, 0.1) is 12.2 Å². The Morgan fingerprint density at radius 1 is 1.38 bits per heavy atom. The van der Waals surface area contributed by atoms with Crippen LogP contribution in [0.3, 0.4) is 0 Å². The van der Waals surface area contributed by atoms with Crippen molar-refractivity contribution in [1.29, 1.82) is 0 Å². The Kier molecular flexibility index (Phi) is 6.06. The normalized spacial score (nSPS) is 24.5. The molecule has 0 heterocycles. The fourth-order valence-electron chi connectivity index (χ4n) is 2.79. The zero-order chi connectivity index (χ0) is 17.7. The van der Waals surface area contributed by atoms with E-state index in [1.54, 1.807) is 6.07 Å². The first-order valence-electron chi connectivity index (χ1n) is 7.61. The lowest BCUT2D eigenvalue weighted by Crippen LogP contribution is -2.41. The minimum atomic E-state index is -4.75. The van der Waals surface area contributed by atoms with Crippen LogP contribution in [0.25, 0.3) is 0 Å². The van der Waals surface area contributed by atoms with Crippen molar-refractivity contribution < 1.29 is 32.5 Å². The van der Waals surface area contributed by atoms with E-state index < -0.39 is 12.5 Å². The number of aliphatic hydroxyl groups is 1. The van der Waals surface area contributed by atoms with E-state index in [9.17, 15) is 23.1 Å². The number of ether oxygens (including phenoxy) is 2. The third-order valence-corrected chi connectivity index (χ3v) is 4.03. The highest BCUT2D eigenvalue weighted by Gasteiger charge is 2.33.